The first kappa shape index (κ1) is 15.9. The number of benzene rings is 1. The van der Waals surface area contributed by atoms with Crippen LogP contribution >= 0.6 is 12.2 Å². The Morgan fingerprint density at radius 2 is 1.74 bits per heavy atom. The molecule has 0 aliphatic rings. The number of hydrogen-bond acceptors (Lipinski definition) is 2. The molecule has 0 radical (unpaired) electrons. The van der Waals surface area contributed by atoms with Crippen LogP contribution in [-0.2, 0) is 0 Å². The highest BCUT2D eigenvalue weighted by Gasteiger charge is 2.17. The zero-order valence-electron chi connectivity index (χ0n) is 12.1. The lowest BCUT2D eigenvalue weighted by molar-refractivity contribution is 0.219. The van der Waals surface area contributed by atoms with Crippen molar-refractivity contribution in [3.8, 4) is 0 Å². The zero-order chi connectivity index (χ0) is 14.1. The first-order valence-electron chi connectivity index (χ1n) is 7.03. The van der Waals surface area contributed by atoms with Gasteiger partial charge in [0.05, 0.1) is 6.04 Å². The molecule has 106 valence electrons. The Kier molecular flexibility index (Phi) is 7.45. The predicted molar refractivity (Wildman–Crippen MR) is 86.4 cm³/mol. The lowest BCUT2D eigenvalue weighted by atomic mass is 10.1. The summed E-state index contributed by atoms with van der Waals surface area (Å²) >= 11 is 5.24. The summed E-state index contributed by atoms with van der Waals surface area (Å²) in [6.07, 6.45) is 0. The Labute approximate surface area is 122 Å². The molecule has 0 fully saturated rings. The molecule has 2 N–H and O–H groups in total. The molecule has 1 aromatic rings. The van der Waals surface area contributed by atoms with E-state index >= 15 is 0 Å². The molecule has 0 aliphatic heterocycles. The van der Waals surface area contributed by atoms with E-state index in [-0.39, 0.29) is 0 Å². The van der Waals surface area contributed by atoms with E-state index in [4.69, 9.17) is 12.2 Å². The normalized spacial score (nSPS) is 12.2. The van der Waals surface area contributed by atoms with E-state index in [1.54, 1.807) is 0 Å². The molecule has 1 aromatic carbocycles. The Hall–Kier alpha value is -1.13. The molecule has 4 heteroatoms. The fourth-order valence-corrected chi connectivity index (χ4v) is 2.44. The molecule has 0 heterocycles. The smallest absolute Gasteiger partial charge is 0.166 e. The standard InChI is InChI=1S/C15H25N3S/c1-4-16-15(19)17-12-14(18(5-2)6-3)13-10-8-7-9-11-13/h7-11,14H,4-6,12H2,1-3H3,(H2,16,17,19). The lowest BCUT2D eigenvalue weighted by Gasteiger charge is -2.30. The van der Waals surface area contributed by atoms with Gasteiger partial charge in [0, 0.05) is 13.1 Å². The summed E-state index contributed by atoms with van der Waals surface area (Å²) < 4.78 is 0. The Morgan fingerprint density at radius 1 is 1.11 bits per heavy atom. The quantitative estimate of drug-likeness (QED) is 0.750. The van der Waals surface area contributed by atoms with Crippen LogP contribution in [0.5, 0.6) is 0 Å². The number of thiocarbonyl (C=S) groups is 1. The average Bonchev–Trinajstić information content (AvgIpc) is 2.44. The molecule has 1 atom stereocenters. The van der Waals surface area contributed by atoms with Crippen molar-refractivity contribution in [2.45, 2.75) is 26.8 Å². The highest BCUT2D eigenvalue weighted by molar-refractivity contribution is 7.80. The van der Waals surface area contributed by atoms with Crippen LogP contribution in [0.25, 0.3) is 0 Å². The maximum absolute atomic E-state index is 5.24. The molecule has 0 bridgehead atoms. The summed E-state index contributed by atoms with van der Waals surface area (Å²) in [7, 11) is 0. The van der Waals surface area contributed by atoms with Crippen LogP contribution in [0.3, 0.4) is 0 Å². The number of nitrogens with zero attached hydrogens (tertiary/aromatic N) is 1. The van der Waals surface area contributed by atoms with Crippen LogP contribution < -0.4 is 10.6 Å². The van der Waals surface area contributed by atoms with Gasteiger partial charge in [-0.05, 0) is 37.8 Å². The highest BCUT2D eigenvalue weighted by Crippen LogP contribution is 2.19. The molecule has 19 heavy (non-hydrogen) atoms. The van der Waals surface area contributed by atoms with Gasteiger partial charge in [-0.2, -0.15) is 0 Å². The summed E-state index contributed by atoms with van der Waals surface area (Å²) in [5.74, 6) is 0. The van der Waals surface area contributed by atoms with Crippen molar-refractivity contribution < 1.29 is 0 Å². The molecule has 0 aliphatic carbocycles. The fourth-order valence-electron chi connectivity index (χ4n) is 2.21. The van der Waals surface area contributed by atoms with E-state index in [1.165, 1.54) is 5.56 Å². The van der Waals surface area contributed by atoms with Crippen molar-refractivity contribution in [3.05, 3.63) is 35.9 Å². The second-order valence-electron chi connectivity index (χ2n) is 4.39. The third-order valence-corrected chi connectivity index (χ3v) is 3.52. The van der Waals surface area contributed by atoms with Gasteiger partial charge in [-0.3, -0.25) is 4.90 Å². The van der Waals surface area contributed by atoms with Gasteiger partial charge in [0.25, 0.3) is 0 Å². The van der Waals surface area contributed by atoms with E-state index in [0.717, 1.165) is 31.3 Å². The van der Waals surface area contributed by atoms with Gasteiger partial charge in [-0.25, -0.2) is 0 Å². The zero-order valence-corrected chi connectivity index (χ0v) is 13.0. The second-order valence-corrected chi connectivity index (χ2v) is 4.80. The minimum atomic E-state index is 0.354. The van der Waals surface area contributed by atoms with Crippen molar-refractivity contribution >= 4 is 17.3 Å². The molecule has 3 nitrogen and oxygen atoms in total. The maximum atomic E-state index is 5.24. The predicted octanol–water partition coefficient (Wildman–Crippen LogP) is 2.55. The Bertz CT molecular complexity index is 363. The molecular weight excluding hydrogens is 254 g/mol. The summed E-state index contributed by atoms with van der Waals surface area (Å²) in [6.45, 7) is 10.2. The van der Waals surface area contributed by atoms with Gasteiger partial charge in [0.1, 0.15) is 0 Å². The van der Waals surface area contributed by atoms with Crippen molar-refractivity contribution in [2.75, 3.05) is 26.2 Å². The fraction of sp³-hybridized carbons (Fsp3) is 0.533. The monoisotopic (exact) mass is 279 g/mol. The van der Waals surface area contributed by atoms with E-state index in [2.05, 4.69) is 59.7 Å². The summed E-state index contributed by atoms with van der Waals surface area (Å²) in [5, 5.41) is 7.17. The van der Waals surface area contributed by atoms with Crippen molar-refractivity contribution in [3.63, 3.8) is 0 Å². The number of rotatable bonds is 7. The first-order valence-corrected chi connectivity index (χ1v) is 7.44. The molecule has 1 unspecified atom stereocenters. The molecule has 0 saturated carbocycles. The Balaban J connectivity index is 2.73. The van der Waals surface area contributed by atoms with Crippen LogP contribution in [0.4, 0.5) is 0 Å². The van der Waals surface area contributed by atoms with Gasteiger partial charge in [0.15, 0.2) is 5.11 Å². The van der Waals surface area contributed by atoms with Gasteiger partial charge < -0.3 is 10.6 Å². The van der Waals surface area contributed by atoms with Gasteiger partial charge in [-0.1, -0.05) is 44.2 Å². The molecule has 0 spiro atoms. The molecule has 0 aromatic heterocycles. The van der Waals surface area contributed by atoms with E-state index < -0.39 is 0 Å². The van der Waals surface area contributed by atoms with Gasteiger partial charge in [-0.15, -0.1) is 0 Å². The van der Waals surface area contributed by atoms with Crippen molar-refractivity contribution in [2.24, 2.45) is 0 Å². The first-order chi connectivity index (χ1) is 9.22. The lowest BCUT2D eigenvalue weighted by Crippen LogP contribution is -2.42. The number of likely N-dealkylation sites (N-methyl/N-ethyl adjacent to an activating group) is 1. The minimum Gasteiger partial charge on any atom is -0.363 e. The molecular formula is C15H25N3S. The largest absolute Gasteiger partial charge is 0.363 e. The maximum Gasteiger partial charge on any atom is 0.166 e. The third-order valence-electron chi connectivity index (χ3n) is 3.23. The van der Waals surface area contributed by atoms with E-state index in [0.29, 0.717) is 6.04 Å². The molecule has 0 saturated heterocycles. The van der Waals surface area contributed by atoms with Crippen LogP contribution in [0.15, 0.2) is 30.3 Å². The van der Waals surface area contributed by atoms with Crippen LogP contribution in [0.2, 0.25) is 0 Å². The van der Waals surface area contributed by atoms with Crippen molar-refractivity contribution in [1.82, 2.24) is 15.5 Å². The second kappa shape index (κ2) is 8.88. The molecule has 1 rings (SSSR count). The molecule has 0 amide bonds. The SMILES string of the molecule is CCNC(=S)NCC(c1ccccc1)N(CC)CC. The van der Waals surface area contributed by atoms with Crippen LogP contribution in [0.1, 0.15) is 32.4 Å². The summed E-state index contributed by atoms with van der Waals surface area (Å²) in [5.41, 5.74) is 1.33. The van der Waals surface area contributed by atoms with Crippen molar-refractivity contribution in [1.29, 1.82) is 0 Å². The van der Waals surface area contributed by atoms with Crippen LogP contribution in [0, 0.1) is 0 Å². The topological polar surface area (TPSA) is 27.3 Å². The summed E-state index contributed by atoms with van der Waals surface area (Å²) in [6, 6.07) is 11.0. The highest BCUT2D eigenvalue weighted by atomic mass is 32.1. The summed E-state index contributed by atoms with van der Waals surface area (Å²) in [4.78, 5) is 2.44. The van der Waals surface area contributed by atoms with Gasteiger partial charge in [0.2, 0.25) is 0 Å². The van der Waals surface area contributed by atoms with Crippen LogP contribution in [-0.4, -0.2) is 36.2 Å². The number of nitrogens with one attached hydrogen (secondary N) is 2. The number of hydrogen-bond donors (Lipinski definition) is 2. The van der Waals surface area contributed by atoms with Gasteiger partial charge >= 0.3 is 0 Å². The minimum absolute atomic E-state index is 0.354. The van der Waals surface area contributed by atoms with E-state index in [1.807, 2.05) is 6.92 Å². The third kappa shape index (κ3) is 5.17. The average molecular weight is 279 g/mol. The van der Waals surface area contributed by atoms with E-state index in [9.17, 15) is 0 Å². The Morgan fingerprint density at radius 3 is 2.26 bits per heavy atom.